The Balaban J connectivity index is 2.89. The number of hydrogen-bond donors (Lipinski definition) is 1. The molecule has 0 saturated heterocycles. The lowest BCUT2D eigenvalue weighted by molar-refractivity contribution is -0.385. The molecule has 0 amide bonds. The van der Waals surface area contributed by atoms with E-state index in [4.69, 9.17) is 4.74 Å². The maximum Gasteiger partial charge on any atom is 0.274 e. The molecule has 1 unspecified atom stereocenters. The van der Waals surface area contributed by atoms with Crippen LogP contribution in [0.4, 0.5) is 11.4 Å². The molecule has 0 aliphatic heterocycles. The van der Waals surface area contributed by atoms with Gasteiger partial charge in [0.1, 0.15) is 0 Å². The van der Waals surface area contributed by atoms with Crippen molar-refractivity contribution in [1.29, 1.82) is 0 Å². The van der Waals surface area contributed by atoms with Gasteiger partial charge in [-0.05, 0) is 19.9 Å². The largest absolute Gasteiger partial charge is 0.383 e. The van der Waals surface area contributed by atoms with Crippen LogP contribution in [0.25, 0.3) is 0 Å². The van der Waals surface area contributed by atoms with Crippen LogP contribution in [-0.2, 0) is 4.74 Å². The zero-order valence-corrected chi connectivity index (χ0v) is 9.69. The average Bonchev–Trinajstić information content (AvgIpc) is 2.21. The number of nitrogens with zero attached hydrogens (tertiary/aromatic N) is 1. The number of nitro groups is 1. The zero-order valence-electron chi connectivity index (χ0n) is 9.69. The first-order valence-electron chi connectivity index (χ1n) is 5.05. The summed E-state index contributed by atoms with van der Waals surface area (Å²) in [5.74, 6) is 0. The Bertz CT molecular complexity index is 379. The van der Waals surface area contributed by atoms with Crippen molar-refractivity contribution in [2.24, 2.45) is 0 Å². The summed E-state index contributed by atoms with van der Waals surface area (Å²) in [6.45, 7) is 4.25. The van der Waals surface area contributed by atoms with Crippen molar-refractivity contribution < 1.29 is 9.66 Å². The van der Waals surface area contributed by atoms with Crippen molar-refractivity contribution in [1.82, 2.24) is 0 Å². The Labute approximate surface area is 94.6 Å². The van der Waals surface area contributed by atoms with E-state index in [0.29, 0.717) is 12.2 Å². The van der Waals surface area contributed by atoms with E-state index in [0.717, 1.165) is 5.69 Å². The van der Waals surface area contributed by atoms with Gasteiger partial charge in [-0.1, -0.05) is 6.07 Å². The van der Waals surface area contributed by atoms with Crippen LogP contribution in [0, 0.1) is 17.0 Å². The van der Waals surface area contributed by atoms with Crippen LogP contribution in [0.1, 0.15) is 12.5 Å². The van der Waals surface area contributed by atoms with Gasteiger partial charge in [0.25, 0.3) is 5.69 Å². The SMILES string of the molecule is COCC(C)Nc1cccc([N+](=O)[O-])c1C. The average molecular weight is 224 g/mol. The molecule has 1 aromatic rings. The summed E-state index contributed by atoms with van der Waals surface area (Å²) in [5, 5.41) is 13.9. The number of methoxy groups -OCH3 is 1. The molecule has 16 heavy (non-hydrogen) atoms. The Kier molecular flexibility index (Phi) is 4.25. The lowest BCUT2D eigenvalue weighted by atomic mass is 10.1. The standard InChI is InChI=1S/C11H16N2O3/c1-8(7-16-3)12-10-5-4-6-11(9(10)2)13(14)15/h4-6,8,12H,7H2,1-3H3. The predicted octanol–water partition coefficient (Wildman–Crippen LogP) is 2.35. The summed E-state index contributed by atoms with van der Waals surface area (Å²) in [5.41, 5.74) is 1.56. The molecule has 1 rings (SSSR count). The highest BCUT2D eigenvalue weighted by Gasteiger charge is 2.14. The van der Waals surface area contributed by atoms with Crippen molar-refractivity contribution in [3.63, 3.8) is 0 Å². The van der Waals surface area contributed by atoms with Gasteiger partial charge in [0.15, 0.2) is 0 Å². The summed E-state index contributed by atoms with van der Waals surface area (Å²) < 4.78 is 5.00. The van der Waals surface area contributed by atoms with Crippen LogP contribution >= 0.6 is 0 Å². The van der Waals surface area contributed by atoms with Crippen LogP contribution in [0.3, 0.4) is 0 Å². The number of rotatable bonds is 5. The van der Waals surface area contributed by atoms with Crippen LogP contribution < -0.4 is 5.32 Å². The predicted molar refractivity (Wildman–Crippen MR) is 62.8 cm³/mol. The first-order chi connectivity index (χ1) is 7.56. The van der Waals surface area contributed by atoms with Crippen LogP contribution in [0.2, 0.25) is 0 Å². The highest BCUT2D eigenvalue weighted by molar-refractivity contribution is 5.60. The fraction of sp³-hybridized carbons (Fsp3) is 0.455. The Morgan fingerprint density at radius 1 is 1.56 bits per heavy atom. The molecule has 5 nitrogen and oxygen atoms in total. The molecule has 1 atom stereocenters. The summed E-state index contributed by atoms with van der Waals surface area (Å²) in [7, 11) is 1.62. The molecule has 0 saturated carbocycles. The highest BCUT2D eigenvalue weighted by Crippen LogP contribution is 2.25. The van der Waals surface area contributed by atoms with Crippen molar-refractivity contribution in [2.75, 3.05) is 19.0 Å². The summed E-state index contributed by atoms with van der Waals surface area (Å²) >= 11 is 0. The molecule has 0 aromatic heterocycles. The molecular weight excluding hydrogens is 208 g/mol. The monoisotopic (exact) mass is 224 g/mol. The number of anilines is 1. The van der Waals surface area contributed by atoms with E-state index in [9.17, 15) is 10.1 Å². The molecular formula is C11H16N2O3. The zero-order chi connectivity index (χ0) is 12.1. The second-order valence-corrected chi connectivity index (χ2v) is 3.71. The Morgan fingerprint density at radius 3 is 2.81 bits per heavy atom. The van der Waals surface area contributed by atoms with Gasteiger partial charge in [-0.15, -0.1) is 0 Å². The summed E-state index contributed by atoms with van der Waals surface area (Å²) in [6, 6.07) is 5.12. The van der Waals surface area contributed by atoms with Crippen LogP contribution in [0.15, 0.2) is 18.2 Å². The number of hydrogen-bond acceptors (Lipinski definition) is 4. The molecule has 5 heteroatoms. The maximum absolute atomic E-state index is 10.7. The minimum Gasteiger partial charge on any atom is -0.383 e. The normalized spacial score (nSPS) is 12.2. The van der Waals surface area contributed by atoms with Gasteiger partial charge in [-0.2, -0.15) is 0 Å². The maximum atomic E-state index is 10.7. The lowest BCUT2D eigenvalue weighted by Gasteiger charge is -2.15. The lowest BCUT2D eigenvalue weighted by Crippen LogP contribution is -2.21. The molecule has 0 aliphatic carbocycles. The van der Waals surface area contributed by atoms with E-state index in [2.05, 4.69) is 5.32 Å². The van der Waals surface area contributed by atoms with E-state index < -0.39 is 0 Å². The third-order valence-corrected chi connectivity index (χ3v) is 2.32. The first-order valence-corrected chi connectivity index (χ1v) is 5.05. The van der Waals surface area contributed by atoms with Gasteiger partial charge in [0, 0.05) is 30.5 Å². The first kappa shape index (κ1) is 12.4. The molecule has 88 valence electrons. The summed E-state index contributed by atoms with van der Waals surface area (Å²) in [4.78, 5) is 10.4. The van der Waals surface area contributed by atoms with E-state index in [1.807, 2.05) is 13.0 Å². The Hall–Kier alpha value is -1.62. The molecule has 0 radical (unpaired) electrons. The third kappa shape index (κ3) is 2.93. The minimum atomic E-state index is -0.374. The summed E-state index contributed by atoms with van der Waals surface area (Å²) in [6.07, 6.45) is 0. The fourth-order valence-electron chi connectivity index (χ4n) is 1.53. The highest BCUT2D eigenvalue weighted by atomic mass is 16.6. The topological polar surface area (TPSA) is 64.4 Å². The van der Waals surface area contributed by atoms with E-state index in [-0.39, 0.29) is 16.7 Å². The smallest absolute Gasteiger partial charge is 0.274 e. The second kappa shape index (κ2) is 5.46. The molecule has 0 bridgehead atoms. The second-order valence-electron chi connectivity index (χ2n) is 3.71. The number of benzene rings is 1. The molecule has 1 aromatic carbocycles. The van der Waals surface area contributed by atoms with Gasteiger partial charge >= 0.3 is 0 Å². The van der Waals surface area contributed by atoms with Gasteiger partial charge in [0.2, 0.25) is 0 Å². The molecule has 0 fully saturated rings. The molecule has 0 spiro atoms. The van der Waals surface area contributed by atoms with Gasteiger partial charge < -0.3 is 10.1 Å². The van der Waals surface area contributed by atoms with Crippen molar-refractivity contribution in [3.8, 4) is 0 Å². The van der Waals surface area contributed by atoms with Crippen molar-refractivity contribution >= 4 is 11.4 Å². The quantitative estimate of drug-likeness (QED) is 0.616. The van der Waals surface area contributed by atoms with Gasteiger partial charge in [0.05, 0.1) is 11.5 Å². The van der Waals surface area contributed by atoms with Crippen LogP contribution in [-0.4, -0.2) is 24.7 Å². The fourth-order valence-corrected chi connectivity index (χ4v) is 1.53. The van der Waals surface area contributed by atoms with E-state index in [1.54, 1.807) is 20.1 Å². The molecule has 0 heterocycles. The number of nitrogens with one attached hydrogen (secondary N) is 1. The van der Waals surface area contributed by atoms with Gasteiger partial charge in [-0.25, -0.2) is 0 Å². The molecule has 1 N–H and O–H groups in total. The Morgan fingerprint density at radius 2 is 2.25 bits per heavy atom. The van der Waals surface area contributed by atoms with Crippen LogP contribution in [0.5, 0.6) is 0 Å². The molecule has 0 aliphatic rings. The number of nitro benzene ring substituents is 1. The van der Waals surface area contributed by atoms with Crippen molar-refractivity contribution in [3.05, 3.63) is 33.9 Å². The third-order valence-electron chi connectivity index (χ3n) is 2.32. The minimum absolute atomic E-state index is 0.116. The van der Waals surface area contributed by atoms with E-state index in [1.165, 1.54) is 6.07 Å². The number of ether oxygens (including phenoxy) is 1. The van der Waals surface area contributed by atoms with Gasteiger partial charge in [-0.3, -0.25) is 10.1 Å². The van der Waals surface area contributed by atoms with Crippen molar-refractivity contribution in [2.45, 2.75) is 19.9 Å². The van der Waals surface area contributed by atoms with E-state index >= 15 is 0 Å².